The Kier molecular flexibility index (Phi) is 5.46. The Labute approximate surface area is 178 Å². The summed E-state index contributed by atoms with van der Waals surface area (Å²) in [7, 11) is 0. The molecule has 1 aromatic heterocycles. The number of carbonyl (C=O) groups excluding carboxylic acids is 2. The fraction of sp³-hybridized carbons (Fsp3) is 0.400. The number of para-hydroxylation sites is 2. The molecule has 156 valence electrons. The van der Waals surface area contributed by atoms with Gasteiger partial charge in [0.15, 0.2) is 5.78 Å². The number of aromatic nitrogens is 1. The minimum Gasteiger partial charge on any atom is -0.357 e. The van der Waals surface area contributed by atoms with Crippen LogP contribution >= 0.6 is 0 Å². The summed E-state index contributed by atoms with van der Waals surface area (Å²) in [5.41, 5.74) is 4.03. The number of rotatable bonds is 4. The van der Waals surface area contributed by atoms with Crippen molar-refractivity contribution in [2.45, 2.75) is 58.9 Å². The van der Waals surface area contributed by atoms with Crippen molar-refractivity contribution in [1.82, 2.24) is 4.98 Å². The molecule has 1 aliphatic heterocycles. The Bertz CT molecular complexity index is 994. The van der Waals surface area contributed by atoms with Gasteiger partial charge in [0.05, 0.1) is 17.4 Å². The molecular formula is C25H29N3O2. The molecule has 1 atom stereocenters. The van der Waals surface area contributed by atoms with Gasteiger partial charge in [-0.1, -0.05) is 45.4 Å². The van der Waals surface area contributed by atoms with Crippen molar-refractivity contribution in [2.24, 2.45) is 5.41 Å². The molecule has 2 aliphatic rings. The molecule has 1 aliphatic carbocycles. The van der Waals surface area contributed by atoms with Crippen LogP contribution in [-0.2, 0) is 9.59 Å². The maximum Gasteiger partial charge on any atom is 0.227 e. The van der Waals surface area contributed by atoms with Gasteiger partial charge in [-0.2, -0.15) is 0 Å². The highest BCUT2D eigenvalue weighted by atomic mass is 16.2. The second kappa shape index (κ2) is 8.05. The topological polar surface area (TPSA) is 62.3 Å². The molecule has 0 saturated heterocycles. The summed E-state index contributed by atoms with van der Waals surface area (Å²) < 4.78 is 0. The normalized spacial score (nSPS) is 20.2. The van der Waals surface area contributed by atoms with Crippen molar-refractivity contribution < 1.29 is 9.59 Å². The molecular weight excluding hydrogens is 374 g/mol. The lowest BCUT2D eigenvalue weighted by atomic mass is 9.73. The quantitative estimate of drug-likeness (QED) is 0.741. The number of benzene rings is 1. The summed E-state index contributed by atoms with van der Waals surface area (Å²) >= 11 is 0. The van der Waals surface area contributed by atoms with Gasteiger partial charge in [-0.3, -0.25) is 19.5 Å². The summed E-state index contributed by atoms with van der Waals surface area (Å²) in [6, 6.07) is 11.2. The van der Waals surface area contributed by atoms with Crippen LogP contribution in [0.2, 0.25) is 0 Å². The van der Waals surface area contributed by atoms with Crippen LogP contribution in [0.15, 0.2) is 60.1 Å². The van der Waals surface area contributed by atoms with Crippen LogP contribution in [0.4, 0.5) is 11.4 Å². The van der Waals surface area contributed by atoms with Gasteiger partial charge in [0.1, 0.15) is 0 Å². The molecule has 2 heterocycles. The first-order valence-corrected chi connectivity index (χ1v) is 10.8. The summed E-state index contributed by atoms with van der Waals surface area (Å²) in [5, 5.41) is 3.53. The third kappa shape index (κ3) is 3.76. The Morgan fingerprint density at radius 2 is 2.00 bits per heavy atom. The summed E-state index contributed by atoms with van der Waals surface area (Å²) in [6.07, 6.45) is 6.93. The SMILES string of the molecule is CCCCC(=O)N1c2ccccc2NC2=C(C(=O)CC(C)(C)C2)[C@H]1c1cccnc1. The number of pyridine rings is 1. The van der Waals surface area contributed by atoms with Crippen LogP contribution in [0.5, 0.6) is 0 Å². The highest BCUT2D eigenvalue weighted by molar-refractivity contribution is 6.06. The van der Waals surface area contributed by atoms with E-state index in [4.69, 9.17) is 0 Å². The second-order valence-corrected chi connectivity index (χ2v) is 9.03. The predicted molar refractivity (Wildman–Crippen MR) is 119 cm³/mol. The van der Waals surface area contributed by atoms with Crippen molar-refractivity contribution in [3.05, 3.63) is 65.6 Å². The minimum atomic E-state index is -0.474. The number of hydrogen-bond donors (Lipinski definition) is 1. The minimum absolute atomic E-state index is 0.0336. The van der Waals surface area contributed by atoms with Gasteiger partial charge < -0.3 is 5.32 Å². The third-order valence-corrected chi connectivity index (χ3v) is 5.91. The van der Waals surface area contributed by atoms with Gasteiger partial charge in [0, 0.05) is 36.5 Å². The van der Waals surface area contributed by atoms with E-state index in [1.54, 1.807) is 12.4 Å². The molecule has 1 aromatic carbocycles. The van der Waals surface area contributed by atoms with Crippen molar-refractivity contribution in [3.63, 3.8) is 0 Å². The Hall–Kier alpha value is -2.95. The maximum atomic E-state index is 13.5. The fourth-order valence-corrected chi connectivity index (χ4v) is 4.56. The average molecular weight is 404 g/mol. The van der Waals surface area contributed by atoms with Crippen LogP contribution in [0, 0.1) is 5.41 Å². The Balaban J connectivity index is 1.95. The zero-order chi connectivity index (χ0) is 21.3. The van der Waals surface area contributed by atoms with Crippen molar-refractivity contribution in [1.29, 1.82) is 0 Å². The van der Waals surface area contributed by atoms with Gasteiger partial charge in [-0.05, 0) is 42.0 Å². The predicted octanol–water partition coefficient (Wildman–Crippen LogP) is 5.41. The molecule has 4 rings (SSSR count). The van der Waals surface area contributed by atoms with E-state index in [-0.39, 0.29) is 17.1 Å². The lowest BCUT2D eigenvalue weighted by molar-refractivity contribution is -0.119. The molecule has 5 nitrogen and oxygen atoms in total. The van der Waals surface area contributed by atoms with E-state index < -0.39 is 6.04 Å². The van der Waals surface area contributed by atoms with Gasteiger partial charge in [-0.15, -0.1) is 0 Å². The van der Waals surface area contributed by atoms with E-state index in [2.05, 4.69) is 31.1 Å². The van der Waals surface area contributed by atoms with E-state index in [0.29, 0.717) is 18.4 Å². The first-order valence-electron chi connectivity index (χ1n) is 10.8. The number of Topliss-reactive ketones (excluding diaryl/α,β-unsaturated/α-hetero) is 1. The smallest absolute Gasteiger partial charge is 0.227 e. The first-order chi connectivity index (χ1) is 14.4. The standard InChI is InChI=1S/C25H29N3O2/c1-4-5-12-22(30)28-20-11-7-6-10-18(20)27-19-14-25(2,3)15-21(29)23(19)24(28)17-9-8-13-26-16-17/h6-11,13,16,24,27H,4-5,12,14-15H2,1-3H3/t24-/m1/s1. The summed E-state index contributed by atoms with van der Waals surface area (Å²) in [4.78, 5) is 33.1. The molecule has 0 unspecified atom stereocenters. The zero-order valence-corrected chi connectivity index (χ0v) is 17.9. The number of allylic oxidation sites excluding steroid dienone is 1. The highest BCUT2D eigenvalue weighted by Gasteiger charge is 2.43. The van der Waals surface area contributed by atoms with Gasteiger partial charge in [-0.25, -0.2) is 0 Å². The molecule has 0 fully saturated rings. The number of ketones is 1. The largest absolute Gasteiger partial charge is 0.357 e. The monoisotopic (exact) mass is 403 g/mol. The zero-order valence-electron chi connectivity index (χ0n) is 17.9. The Morgan fingerprint density at radius 1 is 1.20 bits per heavy atom. The van der Waals surface area contributed by atoms with E-state index in [0.717, 1.165) is 41.9 Å². The van der Waals surface area contributed by atoms with Gasteiger partial charge in [0.25, 0.3) is 0 Å². The molecule has 30 heavy (non-hydrogen) atoms. The summed E-state index contributed by atoms with van der Waals surface area (Å²) in [5.74, 6) is 0.134. The molecule has 0 radical (unpaired) electrons. The van der Waals surface area contributed by atoms with E-state index in [1.165, 1.54) is 0 Å². The number of fused-ring (bicyclic) bond motifs is 1. The van der Waals surface area contributed by atoms with Crippen molar-refractivity contribution in [3.8, 4) is 0 Å². The van der Waals surface area contributed by atoms with E-state index >= 15 is 0 Å². The fourth-order valence-electron chi connectivity index (χ4n) is 4.56. The number of anilines is 2. The lowest BCUT2D eigenvalue weighted by Gasteiger charge is -2.37. The molecule has 0 spiro atoms. The molecule has 0 bridgehead atoms. The van der Waals surface area contributed by atoms with E-state index in [9.17, 15) is 9.59 Å². The molecule has 2 aromatic rings. The number of nitrogens with zero attached hydrogens (tertiary/aromatic N) is 2. The van der Waals surface area contributed by atoms with E-state index in [1.807, 2.05) is 41.3 Å². The van der Waals surface area contributed by atoms with Crippen LogP contribution in [0.25, 0.3) is 0 Å². The molecule has 0 saturated carbocycles. The maximum absolute atomic E-state index is 13.5. The van der Waals surface area contributed by atoms with Gasteiger partial charge in [0.2, 0.25) is 5.91 Å². The lowest BCUT2D eigenvalue weighted by Crippen LogP contribution is -2.39. The number of nitrogens with one attached hydrogen (secondary N) is 1. The van der Waals surface area contributed by atoms with Crippen LogP contribution in [-0.4, -0.2) is 16.7 Å². The third-order valence-electron chi connectivity index (χ3n) is 5.91. The number of amides is 1. The number of hydrogen-bond acceptors (Lipinski definition) is 4. The van der Waals surface area contributed by atoms with Crippen molar-refractivity contribution >= 4 is 23.1 Å². The molecule has 5 heteroatoms. The second-order valence-electron chi connectivity index (χ2n) is 9.03. The molecule has 1 N–H and O–H groups in total. The number of carbonyl (C=O) groups is 2. The highest BCUT2D eigenvalue weighted by Crippen LogP contribution is 2.48. The van der Waals surface area contributed by atoms with Crippen molar-refractivity contribution in [2.75, 3.05) is 10.2 Å². The van der Waals surface area contributed by atoms with Gasteiger partial charge >= 0.3 is 0 Å². The molecule has 1 amide bonds. The Morgan fingerprint density at radius 3 is 2.73 bits per heavy atom. The summed E-state index contributed by atoms with van der Waals surface area (Å²) in [6.45, 7) is 6.32. The van der Waals surface area contributed by atoms with Crippen LogP contribution in [0.1, 0.15) is 64.5 Å². The number of unbranched alkanes of at least 4 members (excludes halogenated alkanes) is 1. The van der Waals surface area contributed by atoms with Crippen LogP contribution in [0.3, 0.4) is 0 Å². The van der Waals surface area contributed by atoms with Crippen LogP contribution < -0.4 is 10.2 Å². The first kappa shape index (κ1) is 20.3. The average Bonchev–Trinajstić information content (AvgIpc) is 2.86.